The number of esters is 1. The summed E-state index contributed by atoms with van der Waals surface area (Å²) in [6.45, 7) is 1.92. The standard InChI is InChI=1S/C24H20N2O5/c1-17-10-12-20(13-11-17)23(27)25-22(15-19-8-5-9-21(14-19)26(29)30)24(28)31-16-18-6-3-2-4-7-18/h2-15H,16H2,1H3,(H,25,27)/b22-15+. The second-order valence-electron chi connectivity index (χ2n) is 6.79. The molecule has 7 nitrogen and oxygen atoms in total. The molecule has 0 saturated carbocycles. The topological polar surface area (TPSA) is 98.5 Å². The Kier molecular flexibility index (Phi) is 6.90. The number of nitrogens with one attached hydrogen (secondary N) is 1. The van der Waals surface area contributed by atoms with E-state index in [0.717, 1.165) is 11.1 Å². The van der Waals surface area contributed by atoms with Crippen LogP contribution in [0.25, 0.3) is 6.08 Å². The van der Waals surface area contributed by atoms with Crippen LogP contribution in [0.4, 0.5) is 5.69 Å². The lowest BCUT2D eigenvalue weighted by molar-refractivity contribution is -0.384. The Labute approximate surface area is 179 Å². The van der Waals surface area contributed by atoms with Gasteiger partial charge in [-0.3, -0.25) is 14.9 Å². The van der Waals surface area contributed by atoms with E-state index in [1.54, 1.807) is 30.3 Å². The van der Waals surface area contributed by atoms with E-state index in [0.29, 0.717) is 11.1 Å². The number of rotatable bonds is 7. The fraction of sp³-hybridized carbons (Fsp3) is 0.0833. The molecule has 0 aliphatic heterocycles. The van der Waals surface area contributed by atoms with E-state index < -0.39 is 16.8 Å². The second kappa shape index (κ2) is 9.98. The van der Waals surface area contributed by atoms with Crippen molar-refractivity contribution in [2.45, 2.75) is 13.5 Å². The summed E-state index contributed by atoms with van der Waals surface area (Å²) < 4.78 is 5.34. The molecule has 1 amide bonds. The summed E-state index contributed by atoms with van der Waals surface area (Å²) in [4.78, 5) is 35.9. The number of benzene rings is 3. The number of nitrogens with zero attached hydrogens (tertiary/aromatic N) is 1. The third-order valence-electron chi connectivity index (χ3n) is 4.39. The number of aryl methyl sites for hydroxylation is 1. The number of carbonyl (C=O) groups is 2. The number of carbonyl (C=O) groups excluding carboxylic acids is 2. The van der Waals surface area contributed by atoms with Gasteiger partial charge in [0.1, 0.15) is 12.3 Å². The molecule has 31 heavy (non-hydrogen) atoms. The smallest absolute Gasteiger partial charge is 0.355 e. The van der Waals surface area contributed by atoms with Gasteiger partial charge in [-0.15, -0.1) is 0 Å². The Morgan fingerprint density at radius 2 is 1.71 bits per heavy atom. The Hall–Kier alpha value is -4.26. The minimum atomic E-state index is -0.754. The highest BCUT2D eigenvalue weighted by Gasteiger charge is 2.17. The molecule has 0 atom stereocenters. The van der Waals surface area contributed by atoms with Crippen LogP contribution in [0.2, 0.25) is 0 Å². The van der Waals surface area contributed by atoms with E-state index >= 15 is 0 Å². The van der Waals surface area contributed by atoms with Crippen molar-refractivity contribution in [1.82, 2.24) is 5.32 Å². The number of hydrogen-bond acceptors (Lipinski definition) is 5. The Balaban J connectivity index is 1.86. The number of hydrogen-bond donors (Lipinski definition) is 1. The zero-order valence-electron chi connectivity index (χ0n) is 16.8. The van der Waals surface area contributed by atoms with Crippen molar-refractivity contribution in [3.8, 4) is 0 Å². The minimum absolute atomic E-state index is 0.0202. The van der Waals surface area contributed by atoms with Crippen molar-refractivity contribution < 1.29 is 19.2 Å². The molecule has 0 aliphatic carbocycles. The first kappa shape index (κ1) is 21.4. The van der Waals surface area contributed by atoms with Gasteiger partial charge in [0, 0.05) is 17.7 Å². The Morgan fingerprint density at radius 1 is 1.00 bits per heavy atom. The summed E-state index contributed by atoms with van der Waals surface area (Å²) >= 11 is 0. The first-order valence-corrected chi connectivity index (χ1v) is 9.47. The van der Waals surface area contributed by atoms with Gasteiger partial charge in [-0.1, -0.05) is 60.2 Å². The highest BCUT2D eigenvalue weighted by molar-refractivity contribution is 6.03. The van der Waals surface area contributed by atoms with Crippen LogP contribution in [0.3, 0.4) is 0 Å². The number of nitro groups is 1. The lowest BCUT2D eigenvalue weighted by atomic mass is 10.1. The zero-order valence-corrected chi connectivity index (χ0v) is 16.8. The first-order chi connectivity index (χ1) is 14.9. The first-order valence-electron chi connectivity index (χ1n) is 9.47. The van der Waals surface area contributed by atoms with E-state index in [1.807, 2.05) is 37.3 Å². The Morgan fingerprint density at radius 3 is 2.39 bits per heavy atom. The molecule has 0 radical (unpaired) electrons. The van der Waals surface area contributed by atoms with E-state index in [2.05, 4.69) is 5.32 Å². The van der Waals surface area contributed by atoms with Crippen LogP contribution in [0.1, 0.15) is 27.0 Å². The van der Waals surface area contributed by atoms with E-state index in [1.165, 1.54) is 24.3 Å². The quantitative estimate of drug-likeness (QED) is 0.266. The summed E-state index contributed by atoms with van der Waals surface area (Å²) in [7, 11) is 0. The van der Waals surface area contributed by atoms with Crippen LogP contribution < -0.4 is 5.32 Å². The van der Waals surface area contributed by atoms with Crippen molar-refractivity contribution in [2.24, 2.45) is 0 Å². The van der Waals surface area contributed by atoms with Crippen molar-refractivity contribution >= 4 is 23.6 Å². The van der Waals surface area contributed by atoms with Crippen LogP contribution in [0.15, 0.2) is 84.6 Å². The summed E-state index contributed by atoms with van der Waals surface area (Å²) in [6, 6.07) is 21.7. The highest BCUT2D eigenvalue weighted by Crippen LogP contribution is 2.16. The monoisotopic (exact) mass is 416 g/mol. The van der Waals surface area contributed by atoms with Crippen molar-refractivity contribution in [3.63, 3.8) is 0 Å². The van der Waals surface area contributed by atoms with Gasteiger partial charge in [0.05, 0.1) is 4.92 Å². The molecule has 156 valence electrons. The number of nitro benzene ring substituents is 1. The zero-order chi connectivity index (χ0) is 22.2. The van der Waals surface area contributed by atoms with Gasteiger partial charge < -0.3 is 10.1 Å². The maximum atomic E-state index is 12.7. The Bertz CT molecular complexity index is 1120. The molecule has 0 aromatic heterocycles. The molecular formula is C24H20N2O5. The average molecular weight is 416 g/mol. The SMILES string of the molecule is Cc1ccc(C(=O)N/C(=C/c2cccc([N+](=O)[O-])c2)C(=O)OCc2ccccc2)cc1. The van der Waals surface area contributed by atoms with E-state index in [9.17, 15) is 19.7 Å². The third-order valence-corrected chi connectivity index (χ3v) is 4.39. The molecule has 0 spiro atoms. The van der Waals surface area contributed by atoms with Crippen LogP contribution >= 0.6 is 0 Å². The number of amides is 1. The molecular weight excluding hydrogens is 396 g/mol. The molecule has 0 aliphatic rings. The fourth-order valence-corrected chi connectivity index (χ4v) is 2.74. The predicted octanol–water partition coefficient (Wildman–Crippen LogP) is 4.42. The van der Waals surface area contributed by atoms with Gasteiger partial charge in [-0.05, 0) is 36.3 Å². The van der Waals surface area contributed by atoms with Gasteiger partial charge in [-0.2, -0.15) is 0 Å². The summed E-state index contributed by atoms with van der Waals surface area (Å²) in [5.74, 6) is -1.25. The van der Waals surface area contributed by atoms with Gasteiger partial charge in [0.15, 0.2) is 0 Å². The lowest BCUT2D eigenvalue weighted by Gasteiger charge is -2.11. The number of non-ortho nitro benzene ring substituents is 1. The molecule has 3 aromatic carbocycles. The second-order valence-corrected chi connectivity index (χ2v) is 6.79. The van der Waals surface area contributed by atoms with Crippen LogP contribution in [0.5, 0.6) is 0 Å². The molecule has 0 bridgehead atoms. The molecule has 1 N–H and O–H groups in total. The highest BCUT2D eigenvalue weighted by atomic mass is 16.6. The average Bonchev–Trinajstić information content (AvgIpc) is 2.78. The molecule has 0 heterocycles. The molecule has 0 saturated heterocycles. The normalized spacial score (nSPS) is 10.9. The fourth-order valence-electron chi connectivity index (χ4n) is 2.74. The minimum Gasteiger partial charge on any atom is -0.456 e. The van der Waals surface area contributed by atoms with Gasteiger partial charge in [0.25, 0.3) is 11.6 Å². The van der Waals surface area contributed by atoms with Crippen molar-refractivity contribution in [2.75, 3.05) is 0 Å². The van der Waals surface area contributed by atoms with Gasteiger partial charge in [-0.25, -0.2) is 4.79 Å². The van der Waals surface area contributed by atoms with Crippen LogP contribution in [0, 0.1) is 17.0 Å². The molecule has 0 fully saturated rings. The van der Waals surface area contributed by atoms with Crippen LogP contribution in [-0.2, 0) is 16.1 Å². The molecule has 0 unspecified atom stereocenters. The predicted molar refractivity (Wildman–Crippen MR) is 116 cm³/mol. The number of ether oxygens (including phenoxy) is 1. The maximum Gasteiger partial charge on any atom is 0.355 e. The maximum absolute atomic E-state index is 12.7. The van der Waals surface area contributed by atoms with Gasteiger partial charge in [0.2, 0.25) is 0 Å². The van der Waals surface area contributed by atoms with E-state index in [4.69, 9.17) is 4.74 Å². The largest absolute Gasteiger partial charge is 0.456 e. The summed E-state index contributed by atoms with van der Waals surface area (Å²) in [6.07, 6.45) is 1.35. The van der Waals surface area contributed by atoms with Crippen LogP contribution in [-0.4, -0.2) is 16.8 Å². The molecule has 3 aromatic rings. The molecule has 7 heteroatoms. The van der Waals surface area contributed by atoms with Crippen molar-refractivity contribution in [3.05, 3.63) is 117 Å². The third kappa shape index (κ3) is 6.11. The molecule has 3 rings (SSSR count). The van der Waals surface area contributed by atoms with Crippen molar-refractivity contribution in [1.29, 1.82) is 0 Å². The lowest BCUT2D eigenvalue weighted by Crippen LogP contribution is -2.28. The summed E-state index contributed by atoms with van der Waals surface area (Å²) in [5, 5.41) is 13.6. The van der Waals surface area contributed by atoms with Gasteiger partial charge >= 0.3 is 5.97 Å². The van der Waals surface area contributed by atoms with E-state index in [-0.39, 0.29) is 18.0 Å². The summed E-state index contributed by atoms with van der Waals surface area (Å²) in [5.41, 5.74) is 2.27.